The Kier molecular flexibility index (Phi) is 2.83. The van der Waals surface area contributed by atoms with Gasteiger partial charge in [-0.25, -0.2) is 0 Å². The van der Waals surface area contributed by atoms with Crippen molar-refractivity contribution in [2.45, 2.75) is 6.92 Å². The summed E-state index contributed by atoms with van der Waals surface area (Å²) in [5.41, 5.74) is 0.0966. The van der Waals surface area contributed by atoms with Gasteiger partial charge in [-0.3, -0.25) is 10.1 Å². The van der Waals surface area contributed by atoms with Crippen LogP contribution in [-0.4, -0.2) is 4.92 Å². The number of thiophene rings is 1. The molecule has 3 nitrogen and oxygen atoms in total. The van der Waals surface area contributed by atoms with Crippen LogP contribution in [0.1, 0.15) is 11.8 Å². The number of rotatable bonds is 2. The summed E-state index contributed by atoms with van der Waals surface area (Å²) in [6.45, 7) is 1.44. The topological polar surface area (TPSA) is 43.1 Å². The lowest BCUT2D eigenvalue weighted by Gasteiger charge is -1.88. The largest absolute Gasteiger partial charge is 0.259 e. The summed E-state index contributed by atoms with van der Waals surface area (Å²) in [6.07, 6.45) is 1.47. The summed E-state index contributed by atoms with van der Waals surface area (Å²) in [5.74, 6) is 0. The van der Waals surface area contributed by atoms with Gasteiger partial charge >= 0.3 is 0 Å². The molecule has 1 heterocycles. The molecule has 0 fully saturated rings. The summed E-state index contributed by atoms with van der Waals surface area (Å²) < 4.78 is 0. The molecule has 0 aromatic carbocycles. The minimum Gasteiger partial charge on any atom is -0.259 e. The van der Waals surface area contributed by atoms with E-state index < -0.39 is 4.92 Å². The summed E-state index contributed by atoms with van der Waals surface area (Å²) in [6, 6.07) is 1.71. The van der Waals surface area contributed by atoms with Crippen LogP contribution in [0.5, 0.6) is 0 Å². The fourth-order valence-electron chi connectivity index (χ4n) is 0.651. The van der Waals surface area contributed by atoms with Gasteiger partial charge in [-0.15, -0.1) is 11.3 Å². The molecule has 1 rings (SSSR count). The predicted molar refractivity (Wildman–Crippen MR) is 50.0 cm³/mol. The van der Waals surface area contributed by atoms with Crippen LogP contribution in [0.3, 0.4) is 0 Å². The van der Waals surface area contributed by atoms with Gasteiger partial charge in [0, 0.05) is 13.0 Å². The SMILES string of the molecule is CC(=Cc1sccc1Cl)[N+](=O)[O-]. The smallest absolute Gasteiger partial charge is 0.244 e. The summed E-state index contributed by atoms with van der Waals surface area (Å²) in [4.78, 5) is 10.5. The first kappa shape index (κ1) is 9.22. The molecule has 0 atom stereocenters. The molecule has 0 spiro atoms. The van der Waals surface area contributed by atoms with E-state index in [9.17, 15) is 10.1 Å². The van der Waals surface area contributed by atoms with Gasteiger partial charge in [-0.2, -0.15) is 0 Å². The van der Waals surface area contributed by atoms with Crippen molar-refractivity contribution in [3.8, 4) is 0 Å². The second-order valence-corrected chi connectivity index (χ2v) is 3.53. The van der Waals surface area contributed by atoms with Gasteiger partial charge in [-0.05, 0) is 11.4 Å². The maximum Gasteiger partial charge on any atom is 0.244 e. The van der Waals surface area contributed by atoms with Crippen LogP contribution < -0.4 is 0 Å². The van der Waals surface area contributed by atoms with Crippen molar-refractivity contribution < 1.29 is 4.92 Å². The van der Waals surface area contributed by atoms with Gasteiger partial charge in [0.05, 0.1) is 14.8 Å². The van der Waals surface area contributed by atoms with Crippen LogP contribution >= 0.6 is 22.9 Å². The Morgan fingerprint density at radius 3 is 2.92 bits per heavy atom. The van der Waals surface area contributed by atoms with Crippen molar-refractivity contribution >= 4 is 29.0 Å². The van der Waals surface area contributed by atoms with Crippen molar-refractivity contribution in [2.75, 3.05) is 0 Å². The van der Waals surface area contributed by atoms with E-state index in [2.05, 4.69) is 0 Å². The minimum atomic E-state index is -0.434. The van der Waals surface area contributed by atoms with Crippen LogP contribution in [-0.2, 0) is 0 Å². The van der Waals surface area contributed by atoms with Crippen molar-refractivity contribution in [2.24, 2.45) is 0 Å². The molecule has 0 saturated carbocycles. The number of hydrogen-bond donors (Lipinski definition) is 0. The number of halogens is 1. The fourth-order valence-corrected chi connectivity index (χ4v) is 1.75. The zero-order chi connectivity index (χ0) is 9.14. The Morgan fingerprint density at radius 1 is 1.83 bits per heavy atom. The minimum absolute atomic E-state index is 0.0966. The van der Waals surface area contributed by atoms with E-state index in [1.807, 2.05) is 0 Å². The molecule has 0 amide bonds. The van der Waals surface area contributed by atoms with Crippen LogP contribution in [0.25, 0.3) is 6.08 Å². The van der Waals surface area contributed by atoms with Gasteiger partial charge in [0.1, 0.15) is 0 Å². The third kappa shape index (κ3) is 2.06. The van der Waals surface area contributed by atoms with Gasteiger partial charge in [0.15, 0.2) is 0 Å². The van der Waals surface area contributed by atoms with E-state index in [1.54, 1.807) is 11.4 Å². The highest BCUT2D eigenvalue weighted by molar-refractivity contribution is 7.11. The molecular weight excluding hydrogens is 198 g/mol. The van der Waals surface area contributed by atoms with Crippen LogP contribution in [0.2, 0.25) is 5.02 Å². The lowest BCUT2D eigenvalue weighted by molar-refractivity contribution is -0.422. The maximum absolute atomic E-state index is 10.2. The third-order valence-electron chi connectivity index (χ3n) is 1.27. The zero-order valence-electron chi connectivity index (χ0n) is 6.28. The van der Waals surface area contributed by atoms with E-state index in [0.29, 0.717) is 5.02 Å². The number of hydrogen-bond acceptors (Lipinski definition) is 3. The highest BCUT2D eigenvalue weighted by Gasteiger charge is 2.05. The monoisotopic (exact) mass is 203 g/mol. The standard InChI is InChI=1S/C7H6ClNO2S/c1-5(9(10)11)4-7-6(8)2-3-12-7/h2-4H,1H3. The molecule has 0 bridgehead atoms. The molecule has 5 heteroatoms. The van der Waals surface area contributed by atoms with E-state index >= 15 is 0 Å². The Labute approximate surface area is 78.4 Å². The van der Waals surface area contributed by atoms with E-state index in [-0.39, 0.29) is 5.70 Å². The molecule has 0 aliphatic heterocycles. The van der Waals surface area contributed by atoms with E-state index in [0.717, 1.165) is 4.88 Å². The van der Waals surface area contributed by atoms with Crippen LogP contribution in [0.4, 0.5) is 0 Å². The van der Waals surface area contributed by atoms with Crippen LogP contribution in [0, 0.1) is 10.1 Å². The fraction of sp³-hybridized carbons (Fsp3) is 0.143. The van der Waals surface area contributed by atoms with Gasteiger partial charge in [0.25, 0.3) is 0 Å². The average Bonchev–Trinajstić information content (AvgIpc) is 2.36. The third-order valence-corrected chi connectivity index (χ3v) is 2.58. The lowest BCUT2D eigenvalue weighted by atomic mass is 10.4. The molecule has 64 valence electrons. The summed E-state index contributed by atoms with van der Waals surface area (Å²) in [7, 11) is 0. The van der Waals surface area contributed by atoms with Crippen LogP contribution in [0.15, 0.2) is 17.1 Å². The molecule has 0 N–H and O–H groups in total. The lowest BCUT2D eigenvalue weighted by Crippen LogP contribution is -1.92. The second kappa shape index (κ2) is 3.69. The molecule has 1 aromatic heterocycles. The average molecular weight is 204 g/mol. The molecule has 0 aliphatic rings. The summed E-state index contributed by atoms with van der Waals surface area (Å²) in [5, 5.41) is 12.6. The van der Waals surface area contributed by atoms with Crippen molar-refractivity contribution in [3.05, 3.63) is 37.2 Å². The van der Waals surface area contributed by atoms with E-state index in [1.165, 1.54) is 24.3 Å². The Bertz CT molecular complexity index is 332. The number of nitrogens with zero attached hydrogens (tertiary/aromatic N) is 1. The van der Waals surface area contributed by atoms with Gasteiger partial charge < -0.3 is 0 Å². The quantitative estimate of drug-likeness (QED) is 0.548. The first-order chi connectivity index (χ1) is 5.61. The molecule has 0 aliphatic carbocycles. The van der Waals surface area contributed by atoms with Gasteiger partial charge in [-0.1, -0.05) is 11.6 Å². The first-order valence-corrected chi connectivity index (χ1v) is 4.42. The second-order valence-electron chi connectivity index (χ2n) is 2.18. The predicted octanol–water partition coefficient (Wildman–Crippen LogP) is 3.04. The molecular formula is C7H6ClNO2S. The van der Waals surface area contributed by atoms with Crippen molar-refractivity contribution in [3.63, 3.8) is 0 Å². The van der Waals surface area contributed by atoms with E-state index in [4.69, 9.17) is 11.6 Å². The summed E-state index contributed by atoms with van der Waals surface area (Å²) >= 11 is 7.11. The molecule has 0 saturated heterocycles. The molecule has 12 heavy (non-hydrogen) atoms. The molecule has 1 aromatic rings. The van der Waals surface area contributed by atoms with Crippen molar-refractivity contribution in [1.29, 1.82) is 0 Å². The Balaban J connectivity index is 2.95. The normalized spacial score (nSPS) is 11.7. The molecule has 0 unspecified atom stereocenters. The number of nitro groups is 1. The zero-order valence-corrected chi connectivity index (χ0v) is 7.85. The highest BCUT2D eigenvalue weighted by Crippen LogP contribution is 2.24. The Morgan fingerprint density at radius 2 is 2.50 bits per heavy atom. The van der Waals surface area contributed by atoms with Gasteiger partial charge in [0.2, 0.25) is 5.70 Å². The first-order valence-electron chi connectivity index (χ1n) is 3.17. The Hall–Kier alpha value is -0.870. The highest BCUT2D eigenvalue weighted by atomic mass is 35.5. The maximum atomic E-state index is 10.2. The van der Waals surface area contributed by atoms with Crippen molar-refractivity contribution in [1.82, 2.24) is 0 Å². The molecule has 0 radical (unpaired) electrons. The number of allylic oxidation sites excluding steroid dienone is 1.